The Morgan fingerprint density at radius 3 is 2.33 bits per heavy atom. The van der Waals surface area contributed by atoms with E-state index < -0.39 is 24.0 Å². The van der Waals surface area contributed by atoms with Gasteiger partial charge < -0.3 is 5.32 Å². The minimum Gasteiger partial charge on any atom is -0.345 e. The Bertz CT molecular complexity index is 320. The van der Waals surface area contributed by atoms with Crippen molar-refractivity contribution in [1.82, 2.24) is 5.32 Å². The van der Waals surface area contributed by atoms with Gasteiger partial charge in [0.2, 0.25) is 0 Å². The Labute approximate surface area is 112 Å². The van der Waals surface area contributed by atoms with Gasteiger partial charge in [0.25, 0.3) is 0 Å². The van der Waals surface area contributed by atoms with Crippen LogP contribution in [0, 0.1) is 5.92 Å². The Morgan fingerprint density at radius 2 is 1.78 bits per heavy atom. The first-order valence-electron chi connectivity index (χ1n) is 5.82. The van der Waals surface area contributed by atoms with Gasteiger partial charge in [-0.05, 0) is 12.8 Å². The van der Waals surface area contributed by atoms with E-state index in [1.54, 1.807) is 0 Å². The number of nitrogens with one attached hydrogen (secondary N) is 1. The van der Waals surface area contributed by atoms with Crippen molar-refractivity contribution < 1.29 is 22.8 Å². The van der Waals surface area contributed by atoms with E-state index in [9.17, 15) is 22.8 Å². The zero-order valence-electron chi connectivity index (χ0n) is 9.73. The Morgan fingerprint density at radius 1 is 1.17 bits per heavy atom. The third kappa shape index (κ3) is 4.26. The lowest BCUT2D eigenvalue weighted by molar-refractivity contribution is -0.174. The lowest BCUT2D eigenvalue weighted by Gasteiger charge is -2.25. The van der Waals surface area contributed by atoms with E-state index in [1.807, 2.05) is 5.32 Å². The van der Waals surface area contributed by atoms with Crippen LogP contribution < -0.4 is 5.32 Å². The maximum atomic E-state index is 12.2. The molecule has 0 radical (unpaired) electrons. The molecule has 1 rings (SSSR count). The predicted octanol–water partition coefficient (Wildman–Crippen LogP) is 2.58. The van der Waals surface area contributed by atoms with Crippen LogP contribution in [0.3, 0.4) is 0 Å². The highest BCUT2D eigenvalue weighted by atomic mass is 79.9. The number of Topliss-reactive ketones (excluding diaryl/α,β-unsaturated/α-hetero) is 1. The van der Waals surface area contributed by atoms with Crippen LogP contribution in [-0.4, -0.2) is 29.2 Å². The molecule has 1 saturated carbocycles. The molecule has 18 heavy (non-hydrogen) atoms. The Balaban J connectivity index is 2.74. The van der Waals surface area contributed by atoms with Crippen molar-refractivity contribution in [3.8, 4) is 0 Å². The molecule has 1 N–H and O–H groups in total. The van der Waals surface area contributed by atoms with Crippen LogP contribution in [0.25, 0.3) is 0 Å². The molecule has 2 unspecified atom stereocenters. The zero-order valence-corrected chi connectivity index (χ0v) is 11.3. The maximum Gasteiger partial charge on any atom is 0.471 e. The van der Waals surface area contributed by atoms with Gasteiger partial charge in [0.15, 0.2) is 0 Å². The minimum absolute atomic E-state index is 0.107. The molecule has 1 aliphatic rings. The summed E-state index contributed by atoms with van der Waals surface area (Å²) in [5, 5.41) is 2.07. The number of hydrogen-bond acceptors (Lipinski definition) is 2. The second kappa shape index (κ2) is 6.54. The lowest BCUT2D eigenvalue weighted by atomic mass is 9.91. The number of hydrogen-bond donors (Lipinski definition) is 1. The van der Waals surface area contributed by atoms with Crippen LogP contribution in [0.1, 0.15) is 32.1 Å². The van der Waals surface area contributed by atoms with Crippen LogP contribution in [-0.2, 0) is 9.59 Å². The van der Waals surface area contributed by atoms with Gasteiger partial charge in [-0.1, -0.05) is 35.2 Å². The molecular weight excluding hydrogens is 315 g/mol. The maximum absolute atomic E-state index is 12.2. The SMILES string of the molecule is O=C(CBr)C1CCCCCC1NC(=O)C(F)(F)F. The molecule has 0 aliphatic heterocycles. The van der Waals surface area contributed by atoms with Crippen molar-refractivity contribution in [2.45, 2.75) is 44.3 Å². The fourth-order valence-corrected chi connectivity index (χ4v) is 2.63. The summed E-state index contributed by atoms with van der Waals surface area (Å²) in [6, 6.07) is -0.702. The van der Waals surface area contributed by atoms with Crippen molar-refractivity contribution in [3.05, 3.63) is 0 Å². The first-order valence-corrected chi connectivity index (χ1v) is 6.94. The average Bonchev–Trinajstić information content (AvgIpc) is 2.52. The van der Waals surface area contributed by atoms with E-state index >= 15 is 0 Å². The van der Waals surface area contributed by atoms with Gasteiger partial charge >= 0.3 is 12.1 Å². The third-order valence-electron chi connectivity index (χ3n) is 3.14. The summed E-state index contributed by atoms with van der Waals surface area (Å²) in [5.74, 6) is -2.62. The summed E-state index contributed by atoms with van der Waals surface area (Å²) < 4.78 is 36.6. The smallest absolute Gasteiger partial charge is 0.345 e. The second-order valence-electron chi connectivity index (χ2n) is 4.42. The molecule has 104 valence electrons. The molecule has 0 saturated heterocycles. The predicted molar refractivity (Wildman–Crippen MR) is 63.4 cm³/mol. The van der Waals surface area contributed by atoms with Gasteiger partial charge in [-0.2, -0.15) is 13.2 Å². The van der Waals surface area contributed by atoms with Crippen molar-refractivity contribution in [1.29, 1.82) is 0 Å². The van der Waals surface area contributed by atoms with Gasteiger partial charge in [-0.25, -0.2) is 0 Å². The van der Waals surface area contributed by atoms with E-state index in [0.29, 0.717) is 12.8 Å². The number of carbonyl (C=O) groups is 2. The molecular formula is C11H15BrF3NO2. The molecule has 0 heterocycles. The minimum atomic E-state index is -4.89. The highest BCUT2D eigenvalue weighted by molar-refractivity contribution is 9.09. The van der Waals surface area contributed by atoms with Crippen molar-refractivity contribution in [2.24, 2.45) is 5.92 Å². The standard InChI is InChI=1S/C11H15BrF3NO2/c12-6-9(17)7-4-2-1-3-5-8(7)16-10(18)11(13,14)15/h7-8H,1-6H2,(H,16,18). The van der Waals surface area contributed by atoms with Crippen LogP contribution >= 0.6 is 15.9 Å². The van der Waals surface area contributed by atoms with Crippen LogP contribution in [0.4, 0.5) is 13.2 Å². The number of halogens is 4. The van der Waals surface area contributed by atoms with Crippen molar-refractivity contribution in [3.63, 3.8) is 0 Å². The fourth-order valence-electron chi connectivity index (χ4n) is 2.22. The molecule has 1 fully saturated rings. The lowest BCUT2D eigenvalue weighted by Crippen LogP contribution is -2.48. The summed E-state index contributed by atoms with van der Waals surface area (Å²) in [6.45, 7) is 0. The first-order chi connectivity index (χ1) is 8.36. The molecule has 1 aliphatic carbocycles. The molecule has 0 spiro atoms. The van der Waals surface area contributed by atoms with E-state index in [0.717, 1.165) is 19.3 Å². The van der Waals surface area contributed by atoms with Crippen molar-refractivity contribution >= 4 is 27.6 Å². The largest absolute Gasteiger partial charge is 0.471 e. The second-order valence-corrected chi connectivity index (χ2v) is 4.98. The number of ketones is 1. The Kier molecular flexibility index (Phi) is 5.62. The van der Waals surface area contributed by atoms with Crippen molar-refractivity contribution in [2.75, 3.05) is 5.33 Å². The normalized spacial score (nSPS) is 25.3. The molecule has 0 bridgehead atoms. The quantitative estimate of drug-likeness (QED) is 0.639. The van der Waals surface area contributed by atoms with Crippen LogP contribution in [0.15, 0.2) is 0 Å². The monoisotopic (exact) mass is 329 g/mol. The molecule has 1 amide bonds. The third-order valence-corrected chi connectivity index (χ3v) is 3.69. The summed E-state index contributed by atoms with van der Waals surface area (Å²) in [5.41, 5.74) is 0. The number of amides is 1. The van der Waals surface area contributed by atoms with Gasteiger partial charge in [0.1, 0.15) is 5.78 Å². The molecule has 0 aromatic heterocycles. The average molecular weight is 330 g/mol. The molecule has 7 heteroatoms. The number of rotatable bonds is 3. The highest BCUT2D eigenvalue weighted by Crippen LogP contribution is 2.26. The summed E-state index contributed by atoms with van der Waals surface area (Å²) in [7, 11) is 0. The van der Waals surface area contributed by atoms with E-state index in [2.05, 4.69) is 15.9 Å². The van der Waals surface area contributed by atoms with Gasteiger partial charge in [0.05, 0.1) is 5.33 Å². The van der Waals surface area contributed by atoms with Gasteiger partial charge in [-0.15, -0.1) is 0 Å². The summed E-state index contributed by atoms with van der Waals surface area (Å²) in [6.07, 6.45) is -1.52. The number of carbonyl (C=O) groups excluding carboxylic acids is 2. The summed E-state index contributed by atoms with van der Waals surface area (Å²) >= 11 is 3.02. The number of alkyl halides is 4. The van der Waals surface area contributed by atoms with Gasteiger partial charge in [-0.3, -0.25) is 9.59 Å². The highest BCUT2D eigenvalue weighted by Gasteiger charge is 2.41. The first kappa shape index (κ1) is 15.5. The van der Waals surface area contributed by atoms with Crippen LogP contribution in [0.2, 0.25) is 0 Å². The van der Waals surface area contributed by atoms with E-state index in [4.69, 9.17) is 0 Å². The van der Waals surface area contributed by atoms with Gasteiger partial charge in [0, 0.05) is 12.0 Å². The molecule has 3 nitrogen and oxygen atoms in total. The molecule has 0 aromatic carbocycles. The fraction of sp³-hybridized carbons (Fsp3) is 0.818. The molecule has 0 aromatic rings. The summed E-state index contributed by atoms with van der Waals surface area (Å²) in [4.78, 5) is 22.6. The topological polar surface area (TPSA) is 46.2 Å². The van der Waals surface area contributed by atoms with E-state index in [-0.39, 0.29) is 11.1 Å². The zero-order chi connectivity index (χ0) is 13.8. The van der Waals surface area contributed by atoms with Crippen LogP contribution in [0.5, 0.6) is 0 Å². The van der Waals surface area contributed by atoms with E-state index in [1.165, 1.54) is 0 Å². The molecule has 2 atom stereocenters. The Hall–Kier alpha value is -0.590.